The first-order valence-corrected chi connectivity index (χ1v) is 11.9. The molecular formula is C29H34N2O2. The molecule has 4 rings (SSSR count). The zero-order valence-corrected chi connectivity index (χ0v) is 20.1. The lowest BCUT2D eigenvalue weighted by Crippen LogP contribution is -2.43. The highest BCUT2D eigenvalue weighted by Crippen LogP contribution is 2.37. The Morgan fingerprint density at radius 2 is 1.61 bits per heavy atom. The van der Waals surface area contributed by atoms with Crippen molar-refractivity contribution in [2.75, 3.05) is 16.8 Å². The van der Waals surface area contributed by atoms with E-state index in [4.69, 9.17) is 4.74 Å². The van der Waals surface area contributed by atoms with Crippen LogP contribution in [-0.4, -0.2) is 12.5 Å². The van der Waals surface area contributed by atoms with Gasteiger partial charge in [-0.1, -0.05) is 76.9 Å². The molecule has 1 amide bonds. The van der Waals surface area contributed by atoms with E-state index in [-0.39, 0.29) is 17.5 Å². The zero-order chi connectivity index (χ0) is 23.4. The summed E-state index contributed by atoms with van der Waals surface area (Å²) in [6, 6.07) is 24.1. The maximum Gasteiger partial charge on any atom is 0.262 e. The number of carbonyl (C=O) groups excluding carboxylic acids is 1. The fraction of sp³-hybridized carbons (Fsp3) is 0.345. The summed E-state index contributed by atoms with van der Waals surface area (Å²) in [4.78, 5) is 15.5. The Hall–Kier alpha value is -3.27. The van der Waals surface area contributed by atoms with Gasteiger partial charge in [0.25, 0.3) is 5.91 Å². The highest BCUT2D eigenvalue weighted by atomic mass is 16.5. The second-order valence-electron chi connectivity index (χ2n) is 9.69. The van der Waals surface area contributed by atoms with E-state index in [2.05, 4.69) is 57.3 Å². The van der Waals surface area contributed by atoms with Crippen LogP contribution in [0.4, 0.5) is 11.4 Å². The number of unbranched alkanes of at least 4 members (excludes halogenated alkanes) is 2. The van der Waals surface area contributed by atoms with Crippen molar-refractivity contribution in [3.63, 3.8) is 0 Å². The molecule has 3 aromatic rings. The third kappa shape index (κ3) is 5.05. The molecule has 1 heterocycles. The molecule has 0 spiro atoms. The van der Waals surface area contributed by atoms with Crippen molar-refractivity contribution >= 4 is 17.3 Å². The molecule has 4 nitrogen and oxygen atoms in total. The average molecular weight is 443 g/mol. The number of para-hydroxylation sites is 1. The van der Waals surface area contributed by atoms with Crippen LogP contribution in [0.2, 0.25) is 0 Å². The molecule has 0 bridgehead atoms. The van der Waals surface area contributed by atoms with Crippen LogP contribution in [0, 0.1) is 0 Å². The van der Waals surface area contributed by atoms with Gasteiger partial charge in [-0.05, 0) is 59.4 Å². The van der Waals surface area contributed by atoms with Crippen molar-refractivity contribution in [3.8, 4) is 5.75 Å². The molecule has 0 radical (unpaired) electrons. The number of anilines is 2. The number of hydrogen-bond acceptors (Lipinski definition) is 3. The molecule has 0 aromatic heterocycles. The summed E-state index contributed by atoms with van der Waals surface area (Å²) in [7, 11) is 0. The summed E-state index contributed by atoms with van der Waals surface area (Å²) in [6.07, 6.45) is 3.10. The monoisotopic (exact) mass is 442 g/mol. The third-order valence-corrected chi connectivity index (χ3v) is 6.15. The quantitative estimate of drug-likeness (QED) is 0.390. The fourth-order valence-electron chi connectivity index (χ4n) is 4.16. The Kier molecular flexibility index (Phi) is 6.73. The molecule has 1 aliphatic rings. The first-order chi connectivity index (χ1) is 15.9. The van der Waals surface area contributed by atoms with Crippen molar-refractivity contribution in [2.45, 2.75) is 58.5 Å². The molecule has 0 unspecified atom stereocenters. The molecular weight excluding hydrogens is 408 g/mol. The fourth-order valence-corrected chi connectivity index (χ4v) is 4.16. The van der Waals surface area contributed by atoms with E-state index >= 15 is 0 Å². The summed E-state index contributed by atoms with van der Waals surface area (Å²) < 4.78 is 5.87. The van der Waals surface area contributed by atoms with Crippen molar-refractivity contribution in [3.05, 3.63) is 89.5 Å². The Labute approximate surface area is 197 Å². The van der Waals surface area contributed by atoms with Crippen LogP contribution in [0.1, 0.15) is 74.6 Å². The van der Waals surface area contributed by atoms with Crippen LogP contribution in [0.3, 0.4) is 0 Å². The Morgan fingerprint density at radius 1 is 0.909 bits per heavy atom. The number of amides is 1. The van der Waals surface area contributed by atoms with E-state index in [1.54, 1.807) is 0 Å². The topological polar surface area (TPSA) is 41.6 Å². The van der Waals surface area contributed by atoms with E-state index in [0.29, 0.717) is 12.2 Å². The molecule has 33 heavy (non-hydrogen) atoms. The molecule has 0 fully saturated rings. The number of hydrogen-bond donors (Lipinski definition) is 1. The van der Waals surface area contributed by atoms with Crippen LogP contribution < -0.4 is 15.0 Å². The summed E-state index contributed by atoms with van der Waals surface area (Å²) in [5.74, 6) is 0.824. The SMILES string of the molecule is CCCCCOc1ccc(N2C(=O)c3ccccc3N[C@@H]2c2ccc(C(C)(C)C)cc2)cc1. The molecule has 3 aromatic carbocycles. The number of nitrogens with zero attached hydrogens (tertiary/aromatic N) is 1. The van der Waals surface area contributed by atoms with Crippen molar-refractivity contribution in [1.29, 1.82) is 0 Å². The van der Waals surface area contributed by atoms with E-state index in [1.165, 1.54) is 18.4 Å². The molecule has 0 saturated carbocycles. The van der Waals surface area contributed by atoms with Crippen LogP contribution in [0.5, 0.6) is 5.75 Å². The van der Waals surface area contributed by atoms with Gasteiger partial charge in [0.05, 0.1) is 12.2 Å². The number of carbonyl (C=O) groups is 1. The minimum Gasteiger partial charge on any atom is -0.494 e. The Bertz CT molecular complexity index is 1080. The van der Waals surface area contributed by atoms with Crippen molar-refractivity contribution < 1.29 is 9.53 Å². The molecule has 172 valence electrons. The van der Waals surface area contributed by atoms with Gasteiger partial charge >= 0.3 is 0 Å². The Morgan fingerprint density at radius 3 is 2.27 bits per heavy atom. The Balaban J connectivity index is 1.65. The summed E-state index contributed by atoms with van der Waals surface area (Å²) >= 11 is 0. The molecule has 1 aliphatic heterocycles. The van der Waals surface area contributed by atoms with Gasteiger partial charge in [-0.15, -0.1) is 0 Å². The average Bonchev–Trinajstić information content (AvgIpc) is 2.82. The van der Waals surface area contributed by atoms with Crippen molar-refractivity contribution in [1.82, 2.24) is 0 Å². The predicted octanol–water partition coefficient (Wildman–Crippen LogP) is 7.32. The summed E-state index contributed by atoms with van der Waals surface area (Å²) in [6.45, 7) is 9.52. The normalized spacial score (nSPS) is 15.7. The lowest BCUT2D eigenvalue weighted by molar-refractivity contribution is 0.0975. The molecule has 1 N–H and O–H groups in total. The summed E-state index contributed by atoms with van der Waals surface area (Å²) in [5, 5.41) is 3.59. The van der Waals surface area contributed by atoms with E-state index in [9.17, 15) is 4.79 Å². The van der Waals surface area contributed by atoms with E-state index in [1.807, 2.05) is 53.4 Å². The predicted molar refractivity (Wildman–Crippen MR) is 136 cm³/mol. The van der Waals surface area contributed by atoms with Gasteiger partial charge in [0.15, 0.2) is 0 Å². The molecule has 0 aliphatic carbocycles. The standard InChI is InChI=1S/C29H34N2O2/c1-5-6-9-20-33-24-18-16-23(17-19-24)31-27(21-12-14-22(15-13-21)29(2,3)4)30-26-11-8-7-10-25(26)28(31)32/h7-8,10-19,27,30H,5-6,9,20H2,1-4H3/t27-/m0/s1. The van der Waals surface area contributed by atoms with Crippen LogP contribution in [-0.2, 0) is 5.41 Å². The van der Waals surface area contributed by atoms with Gasteiger partial charge in [0.1, 0.15) is 11.9 Å². The maximum absolute atomic E-state index is 13.6. The van der Waals surface area contributed by atoms with Gasteiger partial charge in [0.2, 0.25) is 0 Å². The lowest BCUT2D eigenvalue weighted by Gasteiger charge is -2.38. The number of benzene rings is 3. The number of fused-ring (bicyclic) bond motifs is 1. The zero-order valence-electron chi connectivity index (χ0n) is 20.1. The highest BCUT2D eigenvalue weighted by Gasteiger charge is 2.34. The smallest absolute Gasteiger partial charge is 0.262 e. The first kappa shape index (κ1) is 22.9. The van der Waals surface area contributed by atoms with Gasteiger partial charge in [-0.25, -0.2) is 0 Å². The van der Waals surface area contributed by atoms with Gasteiger partial charge in [0, 0.05) is 11.4 Å². The van der Waals surface area contributed by atoms with Crippen molar-refractivity contribution in [2.24, 2.45) is 0 Å². The summed E-state index contributed by atoms with van der Waals surface area (Å²) in [5.41, 5.74) is 4.77. The third-order valence-electron chi connectivity index (χ3n) is 6.15. The van der Waals surface area contributed by atoms with E-state index in [0.717, 1.165) is 29.1 Å². The number of rotatable bonds is 7. The molecule has 0 saturated heterocycles. The van der Waals surface area contributed by atoms with Crippen LogP contribution in [0.25, 0.3) is 0 Å². The highest BCUT2D eigenvalue weighted by molar-refractivity contribution is 6.12. The number of nitrogens with one attached hydrogen (secondary N) is 1. The largest absolute Gasteiger partial charge is 0.494 e. The minimum atomic E-state index is -0.294. The molecule has 4 heteroatoms. The van der Waals surface area contributed by atoms with E-state index < -0.39 is 0 Å². The van der Waals surface area contributed by atoms with Gasteiger partial charge in [-0.2, -0.15) is 0 Å². The minimum absolute atomic E-state index is 0.00846. The van der Waals surface area contributed by atoms with Crippen LogP contribution >= 0.6 is 0 Å². The van der Waals surface area contributed by atoms with Gasteiger partial charge < -0.3 is 10.1 Å². The maximum atomic E-state index is 13.6. The van der Waals surface area contributed by atoms with Crippen LogP contribution in [0.15, 0.2) is 72.8 Å². The number of ether oxygens (including phenoxy) is 1. The second-order valence-corrected chi connectivity index (χ2v) is 9.69. The first-order valence-electron chi connectivity index (χ1n) is 11.9. The van der Waals surface area contributed by atoms with Gasteiger partial charge in [-0.3, -0.25) is 9.69 Å². The molecule has 1 atom stereocenters. The lowest BCUT2D eigenvalue weighted by atomic mass is 9.86. The second kappa shape index (κ2) is 9.70.